The molecule has 0 aliphatic carbocycles. The molecular weight excluding hydrogens is 670 g/mol. The van der Waals surface area contributed by atoms with Gasteiger partial charge >= 0.3 is 11.9 Å². The molecule has 46 heavy (non-hydrogen) atoms. The second kappa shape index (κ2) is 13.6. The van der Waals surface area contributed by atoms with Gasteiger partial charge in [0.15, 0.2) is 4.80 Å². The topological polar surface area (TPSA) is 101 Å². The molecule has 9 nitrogen and oxygen atoms in total. The number of esters is 2. The van der Waals surface area contributed by atoms with Gasteiger partial charge in [0.05, 0.1) is 42.2 Å². The summed E-state index contributed by atoms with van der Waals surface area (Å²) in [5, 5.41) is 0. The van der Waals surface area contributed by atoms with Gasteiger partial charge in [-0.05, 0) is 87.7 Å². The number of hydrogen-bond acceptors (Lipinski definition) is 8. The standard InChI is InChI=1S/C35H36BrN3O6S/c1-8-11-26-30(34(42)45-9-2)31(25-18-23(36)14-15-28(25)43-6)39-32(40)29(46-35(39)37-26)17-22-16-19(3)38(21(22)5)27-13-10-12-24(20(27)4)33(41)44-7/h10,12-18,31H,8-9,11H2,1-7H3/b29-17-/t31-/m0/s1. The molecule has 1 aliphatic heterocycles. The van der Waals surface area contributed by atoms with Crippen LogP contribution in [0.1, 0.15) is 71.2 Å². The van der Waals surface area contributed by atoms with Crippen molar-refractivity contribution >= 4 is 45.3 Å². The zero-order valence-corrected chi connectivity index (χ0v) is 29.3. The summed E-state index contributed by atoms with van der Waals surface area (Å²) in [6.45, 7) is 9.82. The zero-order valence-electron chi connectivity index (χ0n) is 26.9. The van der Waals surface area contributed by atoms with Crippen LogP contribution in [0.15, 0.2) is 68.0 Å². The number of hydrogen-bond donors (Lipinski definition) is 0. The number of thiazole rings is 1. The first kappa shape index (κ1) is 33.2. The van der Waals surface area contributed by atoms with E-state index in [4.69, 9.17) is 19.2 Å². The van der Waals surface area contributed by atoms with Crippen LogP contribution in [0.25, 0.3) is 11.8 Å². The summed E-state index contributed by atoms with van der Waals surface area (Å²) < 4.78 is 21.1. The summed E-state index contributed by atoms with van der Waals surface area (Å²) in [5.41, 5.74) is 6.12. The van der Waals surface area contributed by atoms with Crippen LogP contribution in [0, 0.1) is 20.8 Å². The van der Waals surface area contributed by atoms with E-state index in [9.17, 15) is 14.4 Å². The molecule has 0 bridgehead atoms. The van der Waals surface area contributed by atoms with Gasteiger partial charge in [0.1, 0.15) is 11.8 Å². The van der Waals surface area contributed by atoms with E-state index < -0.39 is 18.0 Å². The van der Waals surface area contributed by atoms with Crippen LogP contribution in [-0.2, 0) is 14.3 Å². The third-order valence-corrected chi connectivity index (χ3v) is 9.56. The molecule has 0 unspecified atom stereocenters. The first-order valence-electron chi connectivity index (χ1n) is 15.0. The molecule has 2 aromatic carbocycles. The number of nitrogens with zero attached hydrogens (tertiary/aromatic N) is 3. The average Bonchev–Trinajstić information content (AvgIpc) is 3.49. The summed E-state index contributed by atoms with van der Waals surface area (Å²) in [6.07, 6.45) is 3.16. The predicted molar refractivity (Wildman–Crippen MR) is 182 cm³/mol. The van der Waals surface area contributed by atoms with Gasteiger partial charge in [-0.25, -0.2) is 14.6 Å². The molecule has 240 valence electrons. The number of rotatable bonds is 9. The van der Waals surface area contributed by atoms with Crippen molar-refractivity contribution in [3.63, 3.8) is 0 Å². The van der Waals surface area contributed by atoms with Gasteiger partial charge in [-0.3, -0.25) is 9.36 Å². The number of allylic oxidation sites excluding steroid dienone is 1. The van der Waals surface area contributed by atoms with Crippen molar-refractivity contribution in [1.29, 1.82) is 0 Å². The lowest BCUT2D eigenvalue weighted by Crippen LogP contribution is -2.40. The summed E-state index contributed by atoms with van der Waals surface area (Å²) >= 11 is 4.84. The molecule has 1 atom stereocenters. The van der Waals surface area contributed by atoms with Crippen molar-refractivity contribution in [2.45, 2.75) is 53.5 Å². The number of halogens is 1. The predicted octanol–water partition coefficient (Wildman–Crippen LogP) is 5.85. The number of carbonyl (C=O) groups is 2. The van der Waals surface area contributed by atoms with Crippen LogP contribution in [0.4, 0.5) is 0 Å². The Bertz CT molecular complexity index is 2070. The van der Waals surface area contributed by atoms with E-state index in [1.807, 2.05) is 70.2 Å². The van der Waals surface area contributed by atoms with E-state index in [1.54, 1.807) is 24.7 Å². The lowest BCUT2D eigenvalue weighted by molar-refractivity contribution is -0.139. The fraction of sp³-hybridized carbons (Fsp3) is 0.314. The highest BCUT2D eigenvalue weighted by Gasteiger charge is 2.36. The maximum absolute atomic E-state index is 14.4. The van der Waals surface area contributed by atoms with Gasteiger partial charge in [-0.15, -0.1) is 0 Å². The SMILES string of the molecule is CCCC1=C(C(=O)OCC)[C@H](c2cc(Br)ccc2OC)n2c(s/c(=C\c3cc(C)n(-c4cccc(C(=O)OC)c4C)c3C)c2=O)=N1. The Morgan fingerprint density at radius 1 is 1.07 bits per heavy atom. The van der Waals surface area contributed by atoms with Crippen LogP contribution in [0.5, 0.6) is 5.75 Å². The van der Waals surface area contributed by atoms with Crippen LogP contribution >= 0.6 is 27.3 Å². The first-order valence-corrected chi connectivity index (χ1v) is 16.6. The van der Waals surface area contributed by atoms with Crippen LogP contribution in [-0.4, -0.2) is 41.9 Å². The maximum atomic E-state index is 14.4. The number of fused-ring (bicyclic) bond motifs is 1. The number of benzene rings is 2. The molecule has 2 aromatic heterocycles. The average molecular weight is 707 g/mol. The third-order valence-electron chi connectivity index (χ3n) is 8.09. The van der Waals surface area contributed by atoms with Gasteiger partial charge in [0.25, 0.3) is 5.56 Å². The Labute approximate surface area is 279 Å². The Hall–Kier alpha value is -4.22. The normalized spacial score (nSPS) is 14.6. The lowest BCUT2D eigenvalue weighted by atomic mass is 9.93. The first-order chi connectivity index (χ1) is 22.1. The Balaban J connectivity index is 1.75. The number of aryl methyl sites for hydroxylation is 1. The summed E-state index contributed by atoms with van der Waals surface area (Å²) in [6, 6.07) is 12.3. The molecule has 1 aliphatic rings. The van der Waals surface area contributed by atoms with Gasteiger partial charge < -0.3 is 18.8 Å². The molecule has 0 radical (unpaired) electrons. The number of aromatic nitrogens is 2. The van der Waals surface area contributed by atoms with Crippen molar-refractivity contribution in [1.82, 2.24) is 9.13 Å². The molecular formula is C35H36BrN3O6S. The largest absolute Gasteiger partial charge is 0.496 e. The summed E-state index contributed by atoms with van der Waals surface area (Å²) in [4.78, 5) is 45.7. The molecule has 5 rings (SSSR count). The second-order valence-corrected chi connectivity index (χ2v) is 12.8. The van der Waals surface area contributed by atoms with E-state index in [-0.39, 0.29) is 12.2 Å². The molecule has 0 amide bonds. The van der Waals surface area contributed by atoms with Crippen LogP contribution < -0.4 is 19.6 Å². The molecule has 0 saturated heterocycles. The molecule has 0 fully saturated rings. The summed E-state index contributed by atoms with van der Waals surface area (Å²) in [5.74, 6) is -0.371. The Morgan fingerprint density at radius 2 is 1.83 bits per heavy atom. The highest BCUT2D eigenvalue weighted by molar-refractivity contribution is 9.10. The van der Waals surface area contributed by atoms with Gasteiger partial charge in [-0.1, -0.05) is 46.7 Å². The molecule has 0 N–H and O–H groups in total. The van der Waals surface area contributed by atoms with Crippen LogP contribution in [0.3, 0.4) is 0 Å². The third kappa shape index (κ3) is 5.89. The molecule has 0 spiro atoms. The minimum absolute atomic E-state index is 0.187. The second-order valence-electron chi connectivity index (χ2n) is 10.9. The maximum Gasteiger partial charge on any atom is 0.338 e. The van der Waals surface area contributed by atoms with E-state index in [1.165, 1.54) is 18.4 Å². The van der Waals surface area contributed by atoms with Crippen molar-refractivity contribution in [2.75, 3.05) is 20.8 Å². The Morgan fingerprint density at radius 3 is 2.50 bits per heavy atom. The minimum Gasteiger partial charge on any atom is -0.496 e. The highest BCUT2D eigenvalue weighted by Crippen LogP contribution is 2.38. The zero-order chi connectivity index (χ0) is 33.3. The fourth-order valence-electron chi connectivity index (χ4n) is 5.98. The molecule has 3 heterocycles. The number of ether oxygens (including phenoxy) is 3. The number of methoxy groups -OCH3 is 2. The van der Waals surface area contributed by atoms with E-state index in [0.717, 1.165) is 39.1 Å². The van der Waals surface area contributed by atoms with Crippen LogP contribution in [0.2, 0.25) is 0 Å². The number of carbonyl (C=O) groups excluding carboxylic acids is 2. The molecule has 0 saturated carbocycles. The van der Waals surface area contributed by atoms with Crippen molar-refractivity contribution in [2.24, 2.45) is 4.99 Å². The van der Waals surface area contributed by atoms with Gasteiger partial charge in [0.2, 0.25) is 0 Å². The lowest BCUT2D eigenvalue weighted by Gasteiger charge is -2.27. The molecule has 4 aromatic rings. The highest BCUT2D eigenvalue weighted by atomic mass is 79.9. The van der Waals surface area contributed by atoms with E-state index in [0.29, 0.717) is 43.9 Å². The van der Waals surface area contributed by atoms with E-state index >= 15 is 0 Å². The quantitative estimate of drug-likeness (QED) is 0.203. The van der Waals surface area contributed by atoms with Gasteiger partial charge in [-0.2, -0.15) is 0 Å². The van der Waals surface area contributed by atoms with Crippen molar-refractivity contribution in [3.8, 4) is 11.4 Å². The monoisotopic (exact) mass is 705 g/mol. The van der Waals surface area contributed by atoms with Crippen molar-refractivity contribution < 1.29 is 23.8 Å². The van der Waals surface area contributed by atoms with E-state index in [2.05, 4.69) is 20.5 Å². The fourth-order valence-corrected chi connectivity index (χ4v) is 7.37. The Kier molecular flexibility index (Phi) is 9.83. The summed E-state index contributed by atoms with van der Waals surface area (Å²) in [7, 11) is 2.93. The smallest absolute Gasteiger partial charge is 0.338 e. The van der Waals surface area contributed by atoms with Crippen molar-refractivity contribution in [3.05, 3.63) is 112 Å². The minimum atomic E-state index is -0.803. The molecule has 11 heteroatoms. The van der Waals surface area contributed by atoms with Gasteiger partial charge in [0, 0.05) is 27.1 Å².